The number of aromatic nitrogens is 1. The molecule has 0 aliphatic carbocycles. The monoisotopic (exact) mass is 243 g/mol. The molecule has 0 bridgehead atoms. The van der Waals surface area contributed by atoms with Gasteiger partial charge in [-0.1, -0.05) is 11.6 Å². The number of pyridine rings is 1. The first-order chi connectivity index (χ1) is 7.19. The van der Waals surface area contributed by atoms with E-state index < -0.39 is 0 Å². The minimum absolute atomic E-state index is 0.490. The lowest BCUT2D eigenvalue weighted by Gasteiger charge is -2.23. The Bertz CT molecular complexity index is 326. The lowest BCUT2D eigenvalue weighted by atomic mass is 10.4. The van der Waals surface area contributed by atoms with Gasteiger partial charge in [-0.3, -0.25) is 0 Å². The molecule has 5 heteroatoms. The lowest BCUT2D eigenvalue weighted by Crippen LogP contribution is -2.39. The first kappa shape index (κ1) is 12.2. The van der Waals surface area contributed by atoms with Gasteiger partial charge in [0.25, 0.3) is 0 Å². The molecule has 1 N–H and O–H groups in total. The molecule has 1 rings (SSSR count). The van der Waals surface area contributed by atoms with Crippen molar-refractivity contribution < 1.29 is 0 Å². The predicted molar refractivity (Wildman–Crippen MR) is 68.5 cm³/mol. The van der Waals surface area contributed by atoms with Gasteiger partial charge in [-0.25, -0.2) is 4.98 Å². The first-order valence-corrected chi connectivity index (χ1v) is 5.64. The molecule has 1 aromatic rings. The molecule has 3 nitrogen and oxygen atoms in total. The van der Waals surface area contributed by atoms with Gasteiger partial charge in [0.1, 0.15) is 5.15 Å². The van der Waals surface area contributed by atoms with Gasteiger partial charge in [0.05, 0.1) is 11.9 Å². The van der Waals surface area contributed by atoms with Crippen molar-refractivity contribution in [2.75, 3.05) is 18.0 Å². The molecule has 0 spiro atoms. The molecule has 0 fully saturated rings. The van der Waals surface area contributed by atoms with E-state index in [1.54, 1.807) is 12.3 Å². The second-order valence-electron chi connectivity index (χ2n) is 2.92. The van der Waals surface area contributed by atoms with Crippen LogP contribution in [0.1, 0.15) is 13.8 Å². The van der Waals surface area contributed by atoms with E-state index in [1.807, 2.05) is 24.8 Å². The number of hydrogen-bond donors (Lipinski definition) is 1. The van der Waals surface area contributed by atoms with Crippen molar-refractivity contribution in [1.82, 2.24) is 10.3 Å². The van der Waals surface area contributed by atoms with Crippen LogP contribution in [-0.2, 0) is 0 Å². The van der Waals surface area contributed by atoms with Gasteiger partial charge >= 0.3 is 0 Å². The van der Waals surface area contributed by atoms with Crippen molar-refractivity contribution in [1.29, 1.82) is 0 Å². The standard InChI is InChI=1S/C10H14ClN3S/c1-3-12-10(15)14(4-2)8-5-6-9(11)13-7-8/h5-7H,3-4H2,1-2H3,(H,12,15). The van der Waals surface area contributed by atoms with Crippen molar-refractivity contribution in [3.8, 4) is 0 Å². The van der Waals surface area contributed by atoms with Gasteiger partial charge in [-0.15, -0.1) is 0 Å². The molecule has 0 amide bonds. The highest BCUT2D eigenvalue weighted by molar-refractivity contribution is 7.80. The Balaban J connectivity index is 2.82. The largest absolute Gasteiger partial charge is 0.363 e. The molecule has 0 aromatic carbocycles. The maximum Gasteiger partial charge on any atom is 0.173 e. The summed E-state index contributed by atoms with van der Waals surface area (Å²) < 4.78 is 0. The molecule has 82 valence electrons. The summed E-state index contributed by atoms with van der Waals surface area (Å²) in [5, 5.41) is 4.31. The number of nitrogens with zero attached hydrogens (tertiary/aromatic N) is 2. The van der Waals surface area contributed by atoms with Gasteiger partial charge in [-0.2, -0.15) is 0 Å². The third-order valence-corrected chi connectivity index (χ3v) is 2.50. The molecule has 1 heterocycles. The van der Waals surface area contributed by atoms with E-state index >= 15 is 0 Å². The summed E-state index contributed by atoms with van der Waals surface area (Å²) >= 11 is 11.0. The average Bonchev–Trinajstić information content (AvgIpc) is 2.22. The number of anilines is 1. The normalized spacial score (nSPS) is 9.80. The molecular weight excluding hydrogens is 230 g/mol. The second kappa shape index (κ2) is 5.88. The number of rotatable bonds is 3. The molecule has 0 unspecified atom stereocenters. The molecule has 0 radical (unpaired) electrons. The smallest absolute Gasteiger partial charge is 0.173 e. The summed E-state index contributed by atoms with van der Waals surface area (Å²) in [5.41, 5.74) is 0.952. The van der Waals surface area contributed by atoms with Crippen LogP contribution in [0.2, 0.25) is 5.15 Å². The van der Waals surface area contributed by atoms with Crippen molar-refractivity contribution in [2.45, 2.75) is 13.8 Å². The fourth-order valence-electron chi connectivity index (χ4n) is 1.22. The van der Waals surface area contributed by atoms with E-state index in [0.29, 0.717) is 10.3 Å². The highest BCUT2D eigenvalue weighted by Crippen LogP contribution is 2.15. The van der Waals surface area contributed by atoms with Crippen molar-refractivity contribution >= 4 is 34.6 Å². The van der Waals surface area contributed by atoms with Gasteiger partial charge in [0.2, 0.25) is 0 Å². The molecule has 0 saturated heterocycles. The van der Waals surface area contributed by atoms with Gasteiger partial charge in [0.15, 0.2) is 5.11 Å². The zero-order valence-corrected chi connectivity index (χ0v) is 10.4. The summed E-state index contributed by atoms with van der Waals surface area (Å²) in [5.74, 6) is 0. The average molecular weight is 244 g/mol. The number of thiocarbonyl (C=S) groups is 1. The quantitative estimate of drug-likeness (QED) is 0.652. The van der Waals surface area contributed by atoms with Crippen LogP contribution in [0, 0.1) is 0 Å². The van der Waals surface area contributed by atoms with Gasteiger partial charge in [0, 0.05) is 13.1 Å². The van der Waals surface area contributed by atoms with Gasteiger partial charge in [-0.05, 0) is 38.2 Å². The van der Waals surface area contributed by atoms with Crippen LogP contribution in [0.25, 0.3) is 0 Å². The highest BCUT2D eigenvalue weighted by Gasteiger charge is 2.08. The summed E-state index contributed by atoms with van der Waals surface area (Å²) in [6.45, 7) is 5.67. The van der Waals surface area contributed by atoms with E-state index in [9.17, 15) is 0 Å². The molecule has 15 heavy (non-hydrogen) atoms. The maximum absolute atomic E-state index is 5.72. The van der Waals surface area contributed by atoms with E-state index in [-0.39, 0.29) is 0 Å². The Morgan fingerprint density at radius 1 is 1.53 bits per heavy atom. The van der Waals surface area contributed by atoms with E-state index in [4.69, 9.17) is 23.8 Å². The molecule has 0 atom stereocenters. The van der Waals surface area contributed by atoms with Crippen LogP contribution in [0.15, 0.2) is 18.3 Å². The molecule has 1 aromatic heterocycles. The summed E-state index contributed by atoms with van der Waals surface area (Å²) in [4.78, 5) is 6.00. The lowest BCUT2D eigenvalue weighted by molar-refractivity contribution is 0.927. The van der Waals surface area contributed by atoms with Crippen LogP contribution in [-0.4, -0.2) is 23.2 Å². The Morgan fingerprint density at radius 3 is 2.73 bits per heavy atom. The van der Waals surface area contributed by atoms with Crippen molar-refractivity contribution in [3.63, 3.8) is 0 Å². The number of hydrogen-bond acceptors (Lipinski definition) is 2. The number of nitrogens with one attached hydrogen (secondary N) is 1. The summed E-state index contributed by atoms with van der Waals surface area (Å²) in [6.07, 6.45) is 1.72. The molecule has 0 aliphatic heterocycles. The predicted octanol–water partition coefficient (Wildman–Crippen LogP) is 2.46. The second-order valence-corrected chi connectivity index (χ2v) is 3.69. The van der Waals surface area contributed by atoms with Crippen LogP contribution in [0.3, 0.4) is 0 Å². The SMILES string of the molecule is CCNC(=S)N(CC)c1ccc(Cl)nc1. The zero-order valence-electron chi connectivity index (χ0n) is 8.83. The fraction of sp³-hybridized carbons (Fsp3) is 0.400. The minimum Gasteiger partial charge on any atom is -0.363 e. The van der Waals surface area contributed by atoms with Gasteiger partial charge < -0.3 is 10.2 Å². The van der Waals surface area contributed by atoms with E-state index in [2.05, 4.69) is 10.3 Å². The summed E-state index contributed by atoms with van der Waals surface area (Å²) in [7, 11) is 0. The van der Waals surface area contributed by atoms with Crippen LogP contribution >= 0.6 is 23.8 Å². The Morgan fingerprint density at radius 2 is 2.27 bits per heavy atom. The Labute approximate surface area is 100 Å². The minimum atomic E-state index is 0.490. The van der Waals surface area contributed by atoms with Crippen LogP contribution in [0.4, 0.5) is 5.69 Å². The third kappa shape index (κ3) is 3.32. The fourth-order valence-corrected chi connectivity index (χ4v) is 1.71. The maximum atomic E-state index is 5.72. The highest BCUT2D eigenvalue weighted by atomic mass is 35.5. The van der Waals surface area contributed by atoms with E-state index in [1.165, 1.54) is 0 Å². The zero-order chi connectivity index (χ0) is 11.3. The topological polar surface area (TPSA) is 28.2 Å². The number of halogens is 1. The molecule has 0 aliphatic rings. The molecule has 0 saturated carbocycles. The van der Waals surface area contributed by atoms with Crippen molar-refractivity contribution in [3.05, 3.63) is 23.5 Å². The van der Waals surface area contributed by atoms with E-state index in [0.717, 1.165) is 18.8 Å². The Kier molecular flexibility index (Phi) is 4.78. The molecular formula is C10H14ClN3S. The third-order valence-electron chi connectivity index (χ3n) is 1.91. The Hall–Kier alpha value is -0.870. The van der Waals surface area contributed by atoms with Crippen LogP contribution in [0.5, 0.6) is 0 Å². The summed E-state index contributed by atoms with van der Waals surface area (Å²) in [6, 6.07) is 3.66. The van der Waals surface area contributed by atoms with Crippen molar-refractivity contribution in [2.24, 2.45) is 0 Å². The first-order valence-electron chi connectivity index (χ1n) is 4.86. The van der Waals surface area contributed by atoms with Crippen LogP contribution < -0.4 is 10.2 Å².